The Morgan fingerprint density at radius 3 is 3.23 bits per heavy atom. The predicted octanol–water partition coefficient (Wildman–Crippen LogP) is 0.770. The third-order valence-electron chi connectivity index (χ3n) is 1.79. The van der Waals surface area contributed by atoms with Crippen LogP contribution < -0.4 is 5.32 Å². The van der Waals surface area contributed by atoms with Crippen molar-refractivity contribution in [3.05, 3.63) is 35.8 Å². The molecule has 0 bridgehead atoms. The lowest BCUT2D eigenvalue weighted by Crippen LogP contribution is -2.12. The van der Waals surface area contributed by atoms with Crippen LogP contribution in [0.3, 0.4) is 0 Å². The van der Waals surface area contributed by atoms with Crippen molar-refractivity contribution in [2.24, 2.45) is 0 Å². The molecule has 1 aromatic rings. The van der Waals surface area contributed by atoms with Gasteiger partial charge in [0.1, 0.15) is 17.7 Å². The number of hydrogen-bond acceptors (Lipinski definition) is 3. The number of amides is 1. The summed E-state index contributed by atoms with van der Waals surface area (Å²) in [5.74, 6) is -0.133. The van der Waals surface area contributed by atoms with E-state index in [1.807, 2.05) is 0 Å². The van der Waals surface area contributed by atoms with Crippen LogP contribution in [-0.2, 0) is 4.74 Å². The summed E-state index contributed by atoms with van der Waals surface area (Å²) in [7, 11) is 1.53. The van der Waals surface area contributed by atoms with E-state index in [2.05, 4.69) is 10.3 Å². The molecule has 0 saturated heterocycles. The van der Waals surface area contributed by atoms with E-state index >= 15 is 0 Å². The summed E-state index contributed by atoms with van der Waals surface area (Å²) in [6, 6.07) is 3.46. The summed E-state index contributed by atoms with van der Waals surface area (Å²) in [5, 5.41) is 2.65. The Morgan fingerprint density at radius 2 is 2.46 bits per heavy atom. The van der Waals surface area contributed by atoms with Gasteiger partial charge in [0, 0.05) is 6.20 Å². The molecule has 2 heterocycles. The number of methoxy groups -OCH3 is 1. The summed E-state index contributed by atoms with van der Waals surface area (Å²) in [6.07, 6.45) is 3.11. The Balaban J connectivity index is 2.53. The summed E-state index contributed by atoms with van der Waals surface area (Å²) < 4.78 is 4.81. The first-order valence-corrected chi connectivity index (χ1v) is 3.82. The van der Waals surface area contributed by atoms with Crippen LogP contribution >= 0.6 is 0 Å². The molecule has 0 fully saturated rings. The van der Waals surface area contributed by atoms with Gasteiger partial charge in [-0.3, -0.25) is 9.78 Å². The Kier molecular flexibility index (Phi) is 1.73. The van der Waals surface area contributed by atoms with E-state index in [4.69, 9.17) is 4.74 Å². The number of pyridine rings is 1. The highest BCUT2D eigenvalue weighted by Crippen LogP contribution is 2.20. The molecular formula is C9H8N2O2. The maximum Gasteiger partial charge on any atom is 0.258 e. The Hall–Kier alpha value is -1.84. The van der Waals surface area contributed by atoms with Crippen molar-refractivity contribution in [2.75, 3.05) is 7.11 Å². The van der Waals surface area contributed by atoms with E-state index in [9.17, 15) is 4.79 Å². The maximum absolute atomic E-state index is 11.3. The highest BCUT2D eigenvalue weighted by molar-refractivity contribution is 6.08. The zero-order chi connectivity index (χ0) is 9.26. The molecule has 0 saturated carbocycles. The molecular weight excluding hydrogens is 168 g/mol. The number of fused-ring (bicyclic) bond motifs is 1. The van der Waals surface area contributed by atoms with Crippen LogP contribution in [0, 0.1) is 0 Å². The second kappa shape index (κ2) is 2.90. The van der Waals surface area contributed by atoms with Crippen LogP contribution in [0.4, 0.5) is 0 Å². The second-order valence-electron chi connectivity index (χ2n) is 2.62. The molecule has 0 unspecified atom stereocenters. The Morgan fingerprint density at radius 1 is 1.62 bits per heavy atom. The summed E-state index contributed by atoms with van der Waals surface area (Å²) in [4.78, 5) is 15.4. The van der Waals surface area contributed by atoms with Gasteiger partial charge in [-0.2, -0.15) is 0 Å². The molecule has 1 aliphatic heterocycles. The first kappa shape index (κ1) is 7.79. The number of nitrogens with zero attached hydrogens (tertiary/aromatic N) is 1. The Bertz CT molecular complexity index is 385. The standard InChI is InChI=1S/C9H8N2O2/c1-13-5-7-8-6(9(12)11-7)3-2-4-10-8/h2-5H,1H3,(H,11,12)/b7-5-. The van der Waals surface area contributed by atoms with Gasteiger partial charge in [0.15, 0.2) is 0 Å². The van der Waals surface area contributed by atoms with Crippen LogP contribution in [0.5, 0.6) is 0 Å². The number of rotatable bonds is 1. The lowest BCUT2D eigenvalue weighted by Gasteiger charge is -1.96. The average molecular weight is 176 g/mol. The Labute approximate surface area is 75.2 Å². The third kappa shape index (κ3) is 1.16. The normalized spacial score (nSPS) is 17.0. The van der Waals surface area contributed by atoms with Crippen LogP contribution in [-0.4, -0.2) is 18.0 Å². The zero-order valence-corrected chi connectivity index (χ0v) is 7.07. The van der Waals surface area contributed by atoms with E-state index in [1.165, 1.54) is 13.4 Å². The maximum atomic E-state index is 11.3. The van der Waals surface area contributed by atoms with E-state index < -0.39 is 0 Å². The smallest absolute Gasteiger partial charge is 0.258 e. The van der Waals surface area contributed by atoms with Gasteiger partial charge < -0.3 is 10.1 Å². The molecule has 1 aliphatic rings. The van der Waals surface area contributed by atoms with E-state index in [1.54, 1.807) is 18.3 Å². The topological polar surface area (TPSA) is 51.2 Å². The molecule has 2 rings (SSSR count). The summed E-state index contributed by atoms with van der Waals surface area (Å²) in [5.41, 5.74) is 1.85. The number of ether oxygens (including phenoxy) is 1. The predicted molar refractivity (Wildman–Crippen MR) is 46.7 cm³/mol. The molecule has 0 spiro atoms. The molecule has 66 valence electrons. The van der Waals surface area contributed by atoms with Gasteiger partial charge in [-0.15, -0.1) is 0 Å². The van der Waals surface area contributed by atoms with Crippen LogP contribution in [0.1, 0.15) is 16.1 Å². The van der Waals surface area contributed by atoms with Gasteiger partial charge in [-0.05, 0) is 12.1 Å². The molecule has 4 heteroatoms. The number of aromatic nitrogens is 1. The van der Waals surface area contributed by atoms with Crippen molar-refractivity contribution in [3.63, 3.8) is 0 Å². The van der Waals surface area contributed by atoms with Crippen LogP contribution in [0.2, 0.25) is 0 Å². The molecule has 13 heavy (non-hydrogen) atoms. The van der Waals surface area contributed by atoms with Crippen molar-refractivity contribution in [2.45, 2.75) is 0 Å². The monoisotopic (exact) mass is 176 g/mol. The molecule has 0 aliphatic carbocycles. The fourth-order valence-corrected chi connectivity index (χ4v) is 1.26. The number of nitrogens with one attached hydrogen (secondary N) is 1. The van der Waals surface area contributed by atoms with Gasteiger partial charge >= 0.3 is 0 Å². The summed E-state index contributed by atoms with van der Waals surface area (Å²) >= 11 is 0. The fourth-order valence-electron chi connectivity index (χ4n) is 1.26. The number of hydrogen-bond donors (Lipinski definition) is 1. The van der Waals surface area contributed by atoms with Gasteiger partial charge in [-0.25, -0.2) is 0 Å². The summed E-state index contributed by atoms with van der Waals surface area (Å²) in [6.45, 7) is 0. The SMILES string of the molecule is CO/C=C1\NC(=O)c2cccnc21. The zero-order valence-electron chi connectivity index (χ0n) is 7.07. The lowest BCUT2D eigenvalue weighted by atomic mass is 10.2. The van der Waals surface area contributed by atoms with Gasteiger partial charge in [-0.1, -0.05) is 0 Å². The van der Waals surface area contributed by atoms with E-state index in [-0.39, 0.29) is 5.91 Å². The fraction of sp³-hybridized carbons (Fsp3) is 0.111. The van der Waals surface area contributed by atoms with Gasteiger partial charge in [0.25, 0.3) is 5.91 Å². The molecule has 1 amide bonds. The first-order chi connectivity index (χ1) is 6.33. The number of carbonyl (C=O) groups excluding carboxylic acids is 1. The minimum absolute atomic E-state index is 0.133. The van der Waals surface area contributed by atoms with Crippen molar-refractivity contribution < 1.29 is 9.53 Å². The quantitative estimate of drug-likeness (QED) is 0.643. The van der Waals surface area contributed by atoms with Crippen molar-refractivity contribution in [1.29, 1.82) is 0 Å². The minimum Gasteiger partial charge on any atom is -0.502 e. The largest absolute Gasteiger partial charge is 0.502 e. The third-order valence-corrected chi connectivity index (χ3v) is 1.79. The molecule has 0 atom stereocenters. The second-order valence-corrected chi connectivity index (χ2v) is 2.62. The molecule has 1 N–H and O–H groups in total. The van der Waals surface area contributed by atoms with Gasteiger partial charge in [0.2, 0.25) is 0 Å². The number of carbonyl (C=O) groups is 1. The van der Waals surface area contributed by atoms with Crippen LogP contribution in [0.15, 0.2) is 24.6 Å². The highest BCUT2D eigenvalue weighted by atomic mass is 16.5. The van der Waals surface area contributed by atoms with Crippen molar-refractivity contribution >= 4 is 11.6 Å². The van der Waals surface area contributed by atoms with Crippen LogP contribution in [0.25, 0.3) is 5.70 Å². The van der Waals surface area contributed by atoms with E-state index in [0.717, 1.165) is 0 Å². The van der Waals surface area contributed by atoms with Gasteiger partial charge in [0.05, 0.1) is 12.7 Å². The highest BCUT2D eigenvalue weighted by Gasteiger charge is 2.24. The molecule has 0 aromatic carbocycles. The lowest BCUT2D eigenvalue weighted by molar-refractivity contribution is 0.0980. The molecule has 1 aromatic heterocycles. The van der Waals surface area contributed by atoms with E-state index in [0.29, 0.717) is 17.0 Å². The molecule has 4 nitrogen and oxygen atoms in total. The van der Waals surface area contributed by atoms with Crippen molar-refractivity contribution in [3.8, 4) is 0 Å². The minimum atomic E-state index is -0.133. The first-order valence-electron chi connectivity index (χ1n) is 3.82. The average Bonchev–Trinajstić information content (AvgIpc) is 2.46. The van der Waals surface area contributed by atoms with Crippen molar-refractivity contribution in [1.82, 2.24) is 10.3 Å². The molecule has 0 radical (unpaired) electrons.